The fourth-order valence-corrected chi connectivity index (χ4v) is 4.66. The van der Waals surface area contributed by atoms with Crippen molar-refractivity contribution in [2.75, 3.05) is 26.2 Å². The van der Waals surface area contributed by atoms with Crippen LogP contribution >= 0.6 is 0 Å². The van der Waals surface area contributed by atoms with Gasteiger partial charge in [0, 0.05) is 32.1 Å². The Morgan fingerprint density at radius 1 is 1.07 bits per heavy atom. The number of hydrogen-bond acceptors (Lipinski definition) is 3. The van der Waals surface area contributed by atoms with E-state index < -0.39 is 0 Å². The monoisotopic (exact) mass is 392 g/mol. The second-order valence-electron chi connectivity index (χ2n) is 8.50. The summed E-state index contributed by atoms with van der Waals surface area (Å²) in [5.74, 6) is 0.0427. The van der Waals surface area contributed by atoms with Crippen molar-refractivity contribution in [2.24, 2.45) is 0 Å². The second kappa shape index (κ2) is 9.10. The number of carbonyl (C=O) groups excluding carboxylic acids is 1. The summed E-state index contributed by atoms with van der Waals surface area (Å²) >= 11 is 0. The normalized spacial score (nSPS) is 19.4. The maximum atomic E-state index is 12.0. The van der Waals surface area contributed by atoms with E-state index in [0.29, 0.717) is 6.54 Å². The van der Waals surface area contributed by atoms with E-state index in [1.54, 1.807) is 0 Å². The second-order valence-corrected chi connectivity index (χ2v) is 8.50. The molecule has 0 bridgehead atoms. The molecule has 1 atom stereocenters. The van der Waals surface area contributed by atoms with Crippen LogP contribution in [0, 0.1) is 0 Å². The molecule has 1 amide bonds. The SMILES string of the molecule is C[C@@H]1CCCN1CCc1ccc(-c2ccc3c(c2)CCN(C(=O)CCO)C3)cc1. The highest BCUT2D eigenvalue weighted by Gasteiger charge is 2.21. The van der Waals surface area contributed by atoms with Crippen LogP contribution in [0.15, 0.2) is 42.5 Å². The summed E-state index contributed by atoms with van der Waals surface area (Å²) in [7, 11) is 0. The Kier molecular flexibility index (Phi) is 6.31. The van der Waals surface area contributed by atoms with E-state index >= 15 is 0 Å². The maximum Gasteiger partial charge on any atom is 0.225 e. The molecule has 4 nitrogen and oxygen atoms in total. The number of hydrogen-bond donors (Lipinski definition) is 1. The van der Waals surface area contributed by atoms with Gasteiger partial charge in [0.1, 0.15) is 0 Å². The summed E-state index contributed by atoms with van der Waals surface area (Å²) in [5, 5.41) is 8.99. The maximum absolute atomic E-state index is 12.0. The molecule has 0 spiro atoms. The molecule has 0 saturated carbocycles. The third kappa shape index (κ3) is 4.71. The molecule has 2 heterocycles. The molecule has 0 aliphatic carbocycles. The van der Waals surface area contributed by atoms with Crippen LogP contribution in [0.5, 0.6) is 0 Å². The minimum Gasteiger partial charge on any atom is -0.396 e. The van der Waals surface area contributed by atoms with Gasteiger partial charge in [0.25, 0.3) is 0 Å². The molecule has 2 aromatic carbocycles. The molecule has 0 radical (unpaired) electrons. The van der Waals surface area contributed by atoms with E-state index in [9.17, 15) is 4.79 Å². The fourth-order valence-electron chi connectivity index (χ4n) is 4.66. The minimum atomic E-state index is -0.0752. The predicted molar refractivity (Wildman–Crippen MR) is 117 cm³/mol. The number of aliphatic hydroxyl groups is 1. The molecule has 2 aliphatic rings. The molecular formula is C25H32N2O2. The number of nitrogens with zero attached hydrogens (tertiary/aromatic N) is 2. The Morgan fingerprint density at radius 2 is 1.86 bits per heavy atom. The van der Waals surface area contributed by atoms with Crippen molar-refractivity contribution in [3.8, 4) is 11.1 Å². The van der Waals surface area contributed by atoms with Crippen molar-refractivity contribution in [3.63, 3.8) is 0 Å². The highest BCUT2D eigenvalue weighted by molar-refractivity contribution is 5.76. The van der Waals surface area contributed by atoms with Gasteiger partial charge in [-0.05, 0) is 67.0 Å². The molecule has 2 aromatic rings. The molecule has 1 N–H and O–H groups in total. The highest BCUT2D eigenvalue weighted by atomic mass is 16.3. The average molecular weight is 393 g/mol. The van der Waals surface area contributed by atoms with Gasteiger partial charge in [0.05, 0.1) is 6.61 Å². The number of aliphatic hydroxyl groups excluding tert-OH is 1. The average Bonchev–Trinajstić information content (AvgIpc) is 3.17. The number of amides is 1. The number of fused-ring (bicyclic) bond motifs is 1. The van der Waals surface area contributed by atoms with Gasteiger partial charge in [-0.2, -0.15) is 0 Å². The Bertz CT molecular complexity index is 846. The first-order valence-corrected chi connectivity index (χ1v) is 11.0. The van der Waals surface area contributed by atoms with Crippen LogP contribution in [0.4, 0.5) is 0 Å². The molecule has 29 heavy (non-hydrogen) atoms. The molecule has 4 rings (SSSR count). The lowest BCUT2D eigenvalue weighted by atomic mass is 9.94. The van der Waals surface area contributed by atoms with Crippen molar-refractivity contribution < 1.29 is 9.90 Å². The third-order valence-corrected chi connectivity index (χ3v) is 6.56. The molecule has 4 heteroatoms. The predicted octanol–water partition coefficient (Wildman–Crippen LogP) is 3.65. The molecule has 1 fully saturated rings. The zero-order valence-corrected chi connectivity index (χ0v) is 17.4. The van der Waals surface area contributed by atoms with Gasteiger partial charge in [-0.25, -0.2) is 0 Å². The Labute approximate surface area is 174 Å². The van der Waals surface area contributed by atoms with E-state index in [2.05, 4.69) is 54.3 Å². The molecule has 0 unspecified atom stereocenters. The standard InChI is InChI=1S/C25H32N2O2/c1-19-3-2-13-26(19)14-10-20-4-6-21(7-5-20)22-8-9-24-18-27(25(29)12-16-28)15-11-23(24)17-22/h4-9,17,19,28H,2-3,10-16,18H2,1H3/t19-/m1/s1. The number of rotatable bonds is 6. The smallest absolute Gasteiger partial charge is 0.225 e. The van der Waals surface area contributed by atoms with Crippen LogP contribution in [0.25, 0.3) is 11.1 Å². The first kappa shape index (κ1) is 20.1. The number of carbonyl (C=O) groups is 1. The van der Waals surface area contributed by atoms with Crippen LogP contribution in [-0.4, -0.2) is 53.1 Å². The van der Waals surface area contributed by atoms with Crippen molar-refractivity contribution in [2.45, 2.75) is 51.6 Å². The summed E-state index contributed by atoms with van der Waals surface area (Å²) in [6.45, 7) is 6.07. The van der Waals surface area contributed by atoms with E-state index in [0.717, 1.165) is 32.0 Å². The zero-order chi connectivity index (χ0) is 20.2. The quantitative estimate of drug-likeness (QED) is 0.816. The first-order valence-electron chi connectivity index (χ1n) is 11.0. The van der Waals surface area contributed by atoms with Gasteiger partial charge >= 0.3 is 0 Å². The first-order chi connectivity index (χ1) is 14.1. The van der Waals surface area contributed by atoms with Crippen molar-refractivity contribution in [1.29, 1.82) is 0 Å². The van der Waals surface area contributed by atoms with Gasteiger partial charge < -0.3 is 14.9 Å². The summed E-state index contributed by atoms with van der Waals surface area (Å²) in [4.78, 5) is 16.5. The largest absolute Gasteiger partial charge is 0.396 e. The molecule has 0 aromatic heterocycles. The van der Waals surface area contributed by atoms with Crippen molar-refractivity contribution >= 4 is 5.91 Å². The topological polar surface area (TPSA) is 43.8 Å². The summed E-state index contributed by atoms with van der Waals surface area (Å²) in [6, 6.07) is 16.4. The van der Waals surface area contributed by atoms with Crippen LogP contribution < -0.4 is 0 Å². The van der Waals surface area contributed by atoms with Crippen LogP contribution in [-0.2, 0) is 24.2 Å². The van der Waals surface area contributed by atoms with E-state index in [1.165, 1.54) is 47.2 Å². The summed E-state index contributed by atoms with van der Waals surface area (Å²) < 4.78 is 0. The molecule has 154 valence electrons. The Balaban J connectivity index is 1.40. The van der Waals surface area contributed by atoms with Crippen molar-refractivity contribution in [1.82, 2.24) is 9.80 Å². The molecular weight excluding hydrogens is 360 g/mol. The lowest BCUT2D eigenvalue weighted by molar-refractivity contribution is -0.132. The summed E-state index contributed by atoms with van der Waals surface area (Å²) in [6.07, 6.45) is 4.89. The lowest BCUT2D eigenvalue weighted by Crippen LogP contribution is -2.36. The van der Waals surface area contributed by atoms with Crippen LogP contribution in [0.2, 0.25) is 0 Å². The third-order valence-electron chi connectivity index (χ3n) is 6.56. The number of benzene rings is 2. The molecule has 1 saturated heterocycles. The summed E-state index contributed by atoms with van der Waals surface area (Å²) in [5.41, 5.74) is 6.47. The van der Waals surface area contributed by atoms with E-state index in [-0.39, 0.29) is 18.9 Å². The van der Waals surface area contributed by atoms with Gasteiger partial charge in [-0.1, -0.05) is 42.5 Å². The Morgan fingerprint density at radius 3 is 2.59 bits per heavy atom. The van der Waals surface area contributed by atoms with Gasteiger partial charge in [-0.3, -0.25) is 4.79 Å². The highest BCUT2D eigenvalue weighted by Crippen LogP contribution is 2.27. The van der Waals surface area contributed by atoms with E-state index in [4.69, 9.17) is 5.11 Å². The lowest BCUT2D eigenvalue weighted by Gasteiger charge is -2.29. The van der Waals surface area contributed by atoms with Gasteiger partial charge in [-0.15, -0.1) is 0 Å². The Hall–Kier alpha value is -2.17. The number of likely N-dealkylation sites (tertiary alicyclic amines) is 1. The molecule has 2 aliphatic heterocycles. The van der Waals surface area contributed by atoms with Crippen molar-refractivity contribution in [3.05, 3.63) is 59.2 Å². The van der Waals surface area contributed by atoms with Crippen LogP contribution in [0.3, 0.4) is 0 Å². The van der Waals surface area contributed by atoms with E-state index in [1.807, 2.05) is 4.90 Å². The van der Waals surface area contributed by atoms with Gasteiger partial charge in [0.2, 0.25) is 5.91 Å². The minimum absolute atomic E-state index is 0.0427. The van der Waals surface area contributed by atoms with Crippen LogP contribution in [0.1, 0.15) is 42.9 Å². The van der Waals surface area contributed by atoms with Gasteiger partial charge in [0.15, 0.2) is 0 Å². The zero-order valence-electron chi connectivity index (χ0n) is 17.4. The fraction of sp³-hybridized carbons (Fsp3) is 0.480.